The minimum Gasteiger partial charge on any atom is -0.324 e. The molecule has 0 fully saturated rings. The largest absolute Gasteiger partial charge is 0.324 e. The Hall–Kier alpha value is -1.15. The van der Waals surface area contributed by atoms with Crippen LogP contribution in [0, 0.1) is 0 Å². The number of nitrogens with zero attached hydrogens (tertiary/aromatic N) is 1. The first kappa shape index (κ1) is 17.9. The number of nitrogens with one attached hydrogen (secondary N) is 1. The average Bonchev–Trinajstić information content (AvgIpc) is 2.38. The van der Waals surface area contributed by atoms with Gasteiger partial charge >= 0.3 is 6.03 Å². The quantitative estimate of drug-likeness (QED) is 0.812. The molecule has 8 heteroatoms. The highest BCUT2D eigenvalue weighted by molar-refractivity contribution is 7.99. The molecular weight excluding hydrogens is 318 g/mol. The maximum Gasteiger partial charge on any atom is 0.321 e. The van der Waals surface area contributed by atoms with Crippen LogP contribution in [0.5, 0.6) is 0 Å². The smallest absolute Gasteiger partial charge is 0.321 e. The van der Waals surface area contributed by atoms with Crippen LogP contribution in [0.3, 0.4) is 0 Å². The third-order valence-corrected chi connectivity index (χ3v) is 4.46. The van der Waals surface area contributed by atoms with Gasteiger partial charge in [0.25, 0.3) is 5.76 Å². The zero-order valence-electron chi connectivity index (χ0n) is 12.0. The number of urea groups is 1. The van der Waals surface area contributed by atoms with Gasteiger partial charge in [-0.2, -0.15) is 8.78 Å². The monoisotopic (exact) mass is 336 g/mol. The van der Waals surface area contributed by atoms with Gasteiger partial charge in [-0.1, -0.05) is 11.8 Å². The number of benzene rings is 1. The first-order chi connectivity index (χ1) is 9.79. The Morgan fingerprint density at radius 3 is 2.43 bits per heavy atom. The molecule has 0 radical (unpaired) electrons. The first-order valence-corrected chi connectivity index (χ1v) is 8.79. The number of halogens is 2. The number of carbonyl (C=O) groups is 1. The number of rotatable bonds is 6. The van der Waals surface area contributed by atoms with Gasteiger partial charge in [0, 0.05) is 46.5 Å². The SMILES string of the molecule is C[C@H](C[S@](C)=O)N(C)C(=O)Nc1ccc(SC(F)F)cc1. The average molecular weight is 336 g/mol. The molecule has 0 unspecified atom stereocenters. The third-order valence-electron chi connectivity index (χ3n) is 2.79. The molecule has 0 spiro atoms. The van der Waals surface area contributed by atoms with E-state index in [1.165, 1.54) is 17.0 Å². The van der Waals surface area contributed by atoms with E-state index in [1.807, 2.05) is 6.92 Å². The van der Waals surface area contributed by atoms with Gasteiger partial charge in [-0.3, -0.25) is 4.21 Å². The maximum absolute atomic E-state index is 12.2. The molecule has 0 aliphatic rings. The zero-order chi connectivity index (χ0) is 16.0. The lowest BCUT2D eigenvalue weighted by Crippen LogP contribution is -2.40. The van der Waals surface area contributed by atoms with Crippen molar-refractivity contribution in [1.82, 2.24) is 4.90 Å². The van der Waals surface area contributed by atoms with Crippen LogP contribution in [0.4, 0.5) is 19.3 Å². The summed E-state index contributed by atoms with van der Waals surface area (Å²) in [6, 6.07) is 5.69. The summed E-state index contributed by atoms with van der Waals surface area (Å²) in [4.78, 5) is 13.9. The van der Waals surface area contributed by atoms with Crippen LogP contribution in [-0.4, -0.2) is 46.0 Å². The Labute approximate surface area is 129 Å². The Morgan fingerprint density at radius 2 is 1.95 bits per heavy atom. The standard InChI is InChI=1S/C13H18F2N2O2S2/c1-9(8-21(3)19)17(2)13(18)16-10-4-6-11(7-5-10)20-12(14)15/h4-7,9,12H,8H2,1-3H3,(H,16,18)/t9-,21+/m1/s1. The minimum atomic E-state index is -2.47. The molecule has 1 aromatic rings. The second kappa shape index (κ2) is 8.33. The normalized spacial score (nSPS) is 13.8. The van der Waals surface area contributed by atoms with Crippen molar-refractivity contribution in [2.75, 3.05) is 24.4 Å². The summed E-state index contributed by atoms with van der Waals surface area (Å²) in [5.41, 5.74) is 0.523. The molecule has 21 heavy (non-hydrogen) atoms. The lowest BCUT2D eigenvalue weighted by molar-refractivity contribution is 0.212. The summed E-state index contributed by atoms with van der Waals surface area (Å²) in [6.45, 7) is 1.81. The molecule has 2 atom stereocenters. The van der Waals surface area contributed by atoms with Crippen molar-refractivity contribution >= 4 is 34.3 Å². The fourth-order valence-electron chi connectivity index (χ4n) is 1.58. The van der Waals surface area contributed by atoms with Gasteiger partial charge in [0.15, 0.2) is 0 Å². The molecule has 2 amide bonds. The lowest BCUT2D eigenvalue weighted by atomic mass is 10.3. The van der Waals surface area contributed by atoms with Gasteiger partial charge in [-0.15, -0.1) is 0 Å². The number of carbonyl (C=O) groups excluding carboxylic acids is 1. The van der Waals surface area contributed by atoms with E-state index in [-0.39, 0.29) is 12.1 Å². The Balaban J connectivity index is 2.59. The van der Waals surface area contributed by atoms with Gasteiger partial charge in [0.2, 0.25) is 0 Å². The van der Waals surface area contributed by atoms with Crippen molar-refractivity contribution in [3.63, 3.8) is 0 Å². The van der Waals surface area contributed by atoms with Crippen molar-refractivity contribution in [1.29, 1.82) is 0 Å². The van der Waals surface area contributed by atoms with Crippen LogP contribution < -0.4 is 5.32 Å². The van der Waals surface area contributed by atoms with Crippen LogP contribution >= 0.6 is 11.8 Å². The van der Waals surface area contributed by atoms with E-state index >= 15 is 0 Å². The topological polar surface area (TPSA) is 49.4 Å². The fourth-order valence-corrected chi connectivity index (χ4v) is 2.98. The molecule has 1 aromatic carbocycles. The van der Waals surface area contributed by atoms with Crippen molar-refractivity contribution in [3.8, 4) is 0 Å². The molecular formula is C13H18F2N2O2S2. The van der Waals surface area contributed by atoms with Crippen LogP contribution in [0.25, 0.3) is 0 Å². The highest BCUT2D eigenvalue weighted by atomic mass is 32.2. The van der Waals surface area contributed by atoms with E-state index in [9.17, 15) is 17.8 Å². The van der Waals surface area contributed by atoms with Crippen molar-refractivity contribution < 1.29 is 17.8 Å². The Morgan fingerprint density at radius 1 is 1.38 bits per heavy atom. The number of amides is 2. The van der Waals surface area contributed by atoms with Crippen molar-refractivity contribution in [3.05, 3.63) is 24.3 Å². The van der Waals surface area contributed by atoms with Crippen LogP contribution in [-0.2, 0) is 10.8 Å². The molecule has 0 aromatic heterocycles. The molecule has 0 saturated carbocycles. The molecule has 4 nitrogen and oxygen atoms in total. The molecule has 1 rings (SSSR count). The zero-order valence-corrected chi connectivity index (χ0v) is 13.6. The number of thioether (sulfide) groups is 1. The van der Waals surface area contributed by atoms with Gasteiger partial charge < -0.3 is 10.2 Å². The van der Waals surface area contributed by atoms with Gasteiger partial charge in [0.05, 0.1) is 0 Å². The molecule has 0 saturated heterocycles. The molecule has 1 N–H and O–H groups in total. The predicted molar refractivity (Wildman–Crippen MR) is 83.5 cm³/mol. The predicted octanol–water partition coefficient (Wildman–Crippen LogP) is 3.23. The summed E-state index contributed by atoms with van der Waals surface area (Å²) < 4.78 is 35.5. The van der Waals surface area contributed by atoms with Gasteiger partial charge in [-0.05, 0) is 31.2 Å². The van der Waals surface area contributed by atoms with E-state index in [0.29, 0.717) is 28.1 Å². The number of hydrogen-bond acceptors (Lipinski definition) is 3. The number of hydrogen-bond donors (Lipinski definition) is 1. The summed E-state index contributed by atoms with van der Waals surface area (Å²) in [7, 11) is 0.635. The molecule has 0 heterocycles. The van der Waals surface area contributed by atoms with E-state index in [1.54, 1.807) is 25.4 Å². The van der Waals surface area contributed by atoms with E-state index in [0.717, 1.165) is 0 Å². The Bertz CT molecular complexity index is 497. The molecule has 0 bridgehead atoms. The summed E-state index contributed by atoms with van der Waals surface area (Å²) in [5.74, 6) is -2.07. The third kappa shape index (κ3) is 6.43. The van der Waals surface area contributed by atoms with Crippen molar-refractivity contribution in [2.24, 2.45) is 0 Å². The van der Waals surface area contributed by atoms with Crippen molar-refractivity contribution in [2.45, 2.75) is 23.6 Å². The first-order valence-electron chi connectivity index (χ1n) is 6.18. The van der Waals surface area contributed by atoms with Gasteiger partial charge in [0.1, 0.15) is 0 Å². The fraction of sp³-hybridized carbons (Fsp3) is 0.462. The summed E-state index contributed by atoms with van der Waals surface area (Å²) in [6.07, 6.45) is 1.58. The Kier molecular flexibility index (Phi) is 7.10. The van der Waals surface area contributed by atoms with Gasteiger partial charge in [-0.25, -0.2) is 4.79 Å². The van der Waals surface area contributed by atoms with E-state index < -0.39 is 16.6 Å². The number of alkyl halides is 2. The lowest BCUT2D eigenvalue weighted by Gasteiger charge is -2.24. The molecule has 118 valence electrons. The van der Waals surface area contributed by atoms with Crippen LogP contribution in [0.1, 0.15) is 6.92 Å². The summed E-state index contributed by atoms with van der Waals surface area (Å²) in [5, 5.41) is 2.67. The van der Waals surface area contributed by atoms with Crippen LogP contribution in [0.15, 0.2) is 29.2 Å². The maximum atomic E-state index is 12.2. The van der Waals surface area contributed by atoms with E-state index in [2.05, 4.69) is 5.32 Å². The molecule has 0 aliphatic heterocycles. The summed E-state index contributed by atoms with van der Waals surface area (Å²) >= 11 is 0.454. The number of anilines is 1. The highest BCUT2D eigenvalue weighted by Crippen LogP contribution is 2.26. The minimum absolute atomic E-state index is 0.163. The molecule has 0 aliphatic carbocycles. The van der Waals surface area contributed by atoms with Crippen LogP contribution in [0.2, 0.25) is 0 Å². The highest BCUT2D eigenvalue weighted by Gasteiger charge is 2.16. The second-order valence-corrected chi connectivity index (χ2v) is 7.08. The van der Waals surface area contributed by atoms with E-state index in [4.69, 9.17) is 0 Å². The second-order valence-electron chi connectivity index (χ2n) is 4.53.